The van der Waals surface area contributed by atoms with Crippen molar-refractivity contribution in [2.75, 3.05) is 14.2 Å². The molecule has 12 heteroatoms. The zero-order valence-electron chi connectivity index (χ0n) is 15.5. The Hall–Kier alpha value is -2.27. The molecule has 0 saturated heterocycles. The number of rotatable bonds is 6. The summed E-state index contributed by atoms with van der Waals surface area (Å²) < 4.78 is 60.7. The molecule has 0 fully saturated rings. The molecule has 2 aromatic rings. The molecule has 0 unspecified atom stereocenters. The lowest BCUT2D eigenvalue weighted by Crippen LogP contribution is -2.12. The molecule has 28 heavy (non-hydrogen) atoms. The summed E-state index contributed by atoms with van der Waals surface area (Å²) in [5, 5.41) is 22.4. The van der Waals surface area contributed by atoms with E-state index in [2.05, 4.69) is 20.4 Å². The first kappa shape index (κ1) is 23.8. The van der Waals surface area contributed by atoms with Crippen molar-refractivity contribution in [1.82, 2.24) is 20.4 Å². The SMILES string of the molecule is COc1nnc(C(C)(F)F)cc1CCl.COc1nnc(C(C)(F)F)cc1CO. The van der Waals surface area contributed by atoms with Crippen LogP contribution in [0.4, 0.5) is 17.6 Å². The standard InChI is InChI=1S/C8H9ClF2N2O.C8H10F2N2O2/c1-8(10,11)6-3-5(4-9)7(14-2)13-12-6;1-8(9,10)6-3-5(4-13)7(14-2)12-11-6/h3H,4H2,1-2H3;3,13H,4H2,1-2H3. The van der Waals surface area contributed by atoms with E-state index in [1.807, 2.05) is 0 Å². The third-order valence-corrected chi connectivity index (χ3v) is 3.56. The lowest BCUT2D eigenvalue weighted by atomic mass is 10.2. The second-order valence-corrected chi connectivity index (χ2v) is 5.86. The average Bonchev–Trinajstić information content (AvgIpc) is 2.65. The molecule has 2 heterocycles. The fourth-order valence-electron chi connectivity index (χ4n) is 1.82. The van der Waals surface area contributed by atoms with Crippen LogP contribution in [0.15, 0.2) is 12.1 Å². The molecule has 1 N–H and O–H groups in total. The van der Waals surface area contributed by atoms with Gasteiger partial charge in [0.2, 0.25) is 11.8 Å². The van der Waals surface area contributed by atoms with E-state index >= 15 is 0 Å². The summed E-state index contributed by atoms with van der Waals surface area (Å²) >= 11 is 5.54. The normalized spacial score (nSPS) is 11.5. The van der Waals surface area contributed by atoms with E-state index in [1.165, 1.54) is 20.3 Å². The van der Waals surface area contributed by atoms with Gasteiger partial charge in [0, 0.05) is 25.0 Å². The van der Waals surface area contributed by atoms with Crippen LogP contribution in [0.25, 0.3) is 0 Å². The Balaban J connectivity index is 0.000000280. The van der Waals surface area contributed by atoms with Gasteiger partial charge in [-0.3, -0.25) is 0 Å². The number of methoxy groups -OCH3 is 2. The molecule has 156 valence electrons. The van der Waals surface area contributed by atoms with E-state index in [4.69, 9.17) is 26.2 Å². The number of halogens is 5. The number of alkyl halides is 5. The second kappa shape index (κ2) is 9.78. The van der Waals surface area contributed by atoms with Crippen LogP contribution in [0.2, 0.25) is 0 Å². The highest BCUT2D eigenvalue weighted by atomic mass is 35.5. The third kappa shape index (κ3) is 6.41. The minimum Gasteiger partial charge on any atom is -0.480 e. The van der Waals surface area contributed by atoms with E-state index in [-0.39, 0.29) is 23.2 Å². The Labute approximate surface area is 163 Å². The molecule has 0 spiro atoms. The van der Waals surface area contributed by atoms with E-state index in [0.717, 1.165) is 13.0 Å². The van der Waals surface area contributed by atoms with Gasteiger partial charge >= 0.3 is 0 Å². The number of hydrogen-bond acceptors (Lipinski definition) is 7. The fraction of sp³-hybridized carbons (Fsp3) is 0.500. The van der Waals surface area contributed by atoms with Gasteiger partial charge in [0.05, 0.1) is 26.7 Å². The maximum absolute atomic E-state index is 12.8. The molecule has 0 amide bonds. The van der Waals surface area contributed by atoms with Crippen molar-refractivity contribution in [3.8, 4) is 11.8 Å². The van der Waals surface area contributed by atoms with Crippen LogP contribution in [0.3, 0.4) is 0 Å². The fourth-order valence-corrected chi connectivity index (χ4v) is 2.01. The molecule has 0 radical (unpaired) electrons. The summed E-state index contributed by atoms with van der Waals surface area (Å²) in [7, 11) is 2.71. The largest absolute Gasteiger partial charge is 0.480 e. The van der Waals surface area contributed by atoms with Crippen molar-refractivity contribution in [3.05, 3.63) is 34.6 Å². The Kier molecular flexibility index (Phi) is 8.30. The van der Waals surface area contributed by atoms with Crippen molar-refractivity contribution in [2.24, 2.45) is 0 Å². The van der Waals surface area contributed by atoms with Crippen LogP contribution in [0.5, 0.6) is 11.8 Å². The van der Waals surface area contributed by atoms with Crippen molar-refractivity contribution in [2.45, 2.75) is 38.2 Å². The number of nitrogens with zero attached hydrogens (tertiary/aromatic N) is 4. The summed E-state index contributed by atoms with van der Waals surface area (Å²) in [6.07, 6.45) is 0. The zero-order valence-corrected chi connectivity index (χ0v) is 16.3. The molecule has 0 aliphatic heterocycles. The maximum Gasteiger partial charge on any atom is 0.288 e. The lowest BCUT2D eigenvalue weighted by molar-refractivity contribution is 0.0108. The monoisotopic (exact) mass is 426 g/mol. The Morgan fingerprint density at radius 2 is 1.25 bits per heavy atom. The Morgan fingerprint density at radius 1 is 0.857 bits per heavy atom. The first-order valence-corrected chi connectivity index (χ1v) is 8.25. The van der Waals surface area contributed by atoms with Crippen molar-refractivity contribution in [3.63, 3.8) is 0 Å². The summed E-state index contributed by atoms with van der Waals surface area (Å²) in [6.45, 7) is 1.05. The van der Waals surface area contributed by atoms with Crippen molar-refractivity contribution < 1.29 is 32.1 Å². The van der Waals surface area contributed by atoms with Gasteiger partial charge in [-0.15, -0.1) is 32.0 Å². The van der Waals surface area contributed by atoms with E-state index in [9.17, 15) is 17.6 Å². The molecule has 0 bridgehead atoms. The predicted molar refractivity (Wildman–Crippen MR) is 91.8 cm³/mol. The number of hydrogen-bond donors (Lipinski definition) is 1. The van der Waals surface area contributed by atoms with E-state index in [1.54, 1.807) is 0 Å². The highest BCUT2D eigenvalue weighted by Gasteiger charge is 2.28. The minimum atomic E-state index is -3.07. The topological polar surface area (TPSA) is 90.3 Å². The average molecular weight is 427 g/mol. The molecule has 0 aliphatic carbocycles. The lowest BCUT2D eigenvalue weighted by Gasteiger charge is -2.10. The highest BCUT2D eigenvalue weighted by molar-refractivity contribution is 6.17. The zero-order chi connectivity index (χ0) is 21.5. The molecule has 7 nitrogen and oxygen atoms in total. The van der Waals surface area contributed by atoms with Gasteiger partial charge in [-0.2, -0.15) is 17.6 Å². The summed E-state index contributed by atoms with van der Waals surface area (Å²) in [6, 6.07) is 2.27. The van der Waals surface area contributed by atoms with Crippen LogP contribution in [0.1, 0.15) is 36.4 Å². The number of aromatic nitrogens is 4. The molecule has 0 aliphatic rings. The number of ether oxygens (including phenoxy) is 2. The van der Waals surface area contributed by atoms with Gasteiger partial charge in [-0.1, -0.05) is 0 Å². The molecule has 0 atom stereocenters. The number of aliphatic hydroxyl groups is 1. The molecule has 0 saturated carbocycles. The minimum absolute atomic E-state index is 0.0560. The van der Waals surface area contributed by atoms with Crippen molar-refractivity contribution in [1.29, 1.82) is 0 Å². The number of aliphatic hydroxyl groups excluding tert-OH is 1. The summed E-state index contributed by atoms with van der Waals surface area (Å²) in [5.41, 5.74) is -0.295. The quantitative estimate of drug-likeness (QED) is 0.559. The van der Waals surface area contributed by atoms with Gasteiger partial charge in [-0.05, 0) is 12.1 Å². The van der Waals surface area contributed by atoms with Gasteiger partial charge < -0.3 is 14.6 Å². The molecular formula is C16H19ClF4N4O3. The van der Waals surface area contributed by atoms with Gasteiger partial charge in [0.1, 0.15) is 11.4 Å². The van der Waals surface area contributed by atoms with Crippen LogP contribution < -0.4 is 9.47 Å². The van der Waals surface area contributed by atoms with Crippen LogP contribution in [-0.2, 0) is 24.3 Å². The van der Waals surface area contributed by atoms with Crippen LogP contribution >= 0.6 is 11.6 Å². The third-order valence-electron chi connectivity index (χ3n) is 3.27. The van der Waals surface area contributed by atoms with E-state index in [0.29, 0.717) is 12.5 Å². The predicted octanol–water partition coefficient (Wildman–Crippen LogP) is 3.42. The Morgan fingerprint density at radius 3 is 1.57 bits per heavy atom. The van der Waals surface area contributed by atoms with Gasteiger partial charge in [0.25, 0.3) is 11.8 Å². The summed E-state index contributed by atoms with van der Waals surface area (Å²) in [5.74, 6) is -5.79. The Bertz CT molecular complexity index is 720. The molecule has 0 aromatic carbocycles. The summed E-state index contributed by atoms with van der Waals surface area (Å²) in [4.78, 5) is 0. The van der Waals surface area contributed by atoms with E-state index < -0.39 is 29.8 Å². The van der Waals surface area contributed by atoms with Crippen LogP contribution in [-0.4, -0.2) is 39.7 Å². The van der Waals surface area contributed by atoms with Crippen LogP contribution in [0, 0.1) is 0 Å². The second-order valence-electron chi connectivity index (χ2n) is 5.60. The molecular weight excluding hydrogens is 408 g/mol. The molecule has 2 aromatic heterocycles. The maximum atomic E-state index is 12.8. The van der Waals surface area contributed by atoms with Gasteiger partial charge in [-0.25, -0.2) is 0 Å². The van der Waals surface area contributed by atoms with Crippen molar-refractivity contribution >= 4 is 11.6 Å². The highest BCUT2D eigenvalue weighted by Crippen LogP contribution is 2.28. The first-order chi connectivity index (χ1) is 13.0. The van der Waals surface area contributed by atoms with Gasteiger partial charge in [0.15, 0.2) is 0 Å². The molecule has 2 rings (SSSR count). The smallest absolute Gasteiger partial charge is 0.288 e. The first-order valence-electron chi connectivity index (χ1n) is 7.72.